The summed E-state index contributed by atoms with van der Waals surface area (Å²) in [5, 5.41) is 8.07. The van der Waals surface area contributed by atoms with Gasteiger partial charge in [0, 0.05) is 5.69 Å². The van der Waals surface area contributed by atoms with Gasteiger partial charge in [0.15, 0.2) is 0 Å². The molecule has 0 bridgehead atoms. The number of amides is 1. The lowest BCUT2D eigenvalue weighted by atomic mass is 10.1. The summed E-state index contributed by atoms with van der Waals surface area (Å²) in [6, 6.07) is 16.2. The van der Waals surface area contributed by atoms with Crippen LogP contribution in [0.25, 0.3) is 0 Å². The van der Waals surface area contributed by atoms with Gasteiger partial charge in [0.2, 0.25) is 5.91 Å². The topological polar surface area (TPSA) is 66.6 Å². The Morgan fingerprint density at radius 1 is 1.04 bits per heavy atom. The molecule has 3 aromatic rings. The molecule has 0 saturated heterocycles. The van der Waals surface area contributed by atoms with Crippen LogP contribution in [0, 0.1) is 0 Å². The number of anilines is 2. The number of benzene rings is 2. The molecule has 132 valence electrons. The molecule has 0 radical (unpaired) electrons. The molecule has 1 heterocycles. The molecule has 7 heteroatoms. The highest BCUT2D eigenvalue weighted by molar-refractivity contribution is 6.39. The van der Waals surface area contributed by atoms with Gasteiger partial charge < -0.3 is 9.73 Å². The van der Waals surface area contributed by atoms with E-state index >= 15 is 0 Å². The molecular formula is C19H15Cl2N3O2. The van der Waals surface area contributed by atoms with E-state index in [1.807, 2.05) is 24.3 Å². The van der Waals surface area contributed by atoms with Crippen LogP contribution >= 0.6 is 23.2 Å². The van der Waals surface area contributed by atoms with Gasteiger partial charge in [-0.15, -0.1) is 0 Å². The van der Waals surface area contributed by atoms with Gasteiger partial charge in [-0.3, -0.25) is 4.79 Å². The third-order valence-corrected chi connectivity index (χ3v) is 4.14. The van der Waals surface area contributed by atoms with Crippen molar-refractivity contribution in [3.8, 4) is 0 Å². The molecule has 0 saturated carbocycles. The largest absolute Gasteiger partial charge is 0.463 e. The first-order valence-electron chi connectivity index (χ1n) is 7.78. The average molecular weight is 388 g/mol. The highest BCUT2D eigenvalue weighted by atomic mass is 35.5. The van der Waals surface area contributed by atoms with Gasteiger partial charge in [-0.05, 0) is 35.9 Å². The molecule has 2 aromatic carbocycles. The number of hydrogen-bond donors (Lipinski definition) is 2. The molecule has 0 spiro atoms. The van der Waals surface area contributed by atoms with E-state index in [4.69, 9.17) is 27.6 Å². The Hall–Kier alpha value is -2.76. The lowest BCUT2D eigenvalue weighted by Crippen LogP contribution is -2.20. The molecule has 26 heavy (non-hydrogen) atoms. The number of hydrogen-bond acceptors (Lipinski definition) is 4. The monoisotopic (exact) mass is 387 g/mol. The zero-order valence-corrected chi connectivity index (χ0v) is 15.1. The predicted molar refractivity (Wildman–Crippen MR) is 104 cm³/mol. The Kier molecular flexibility index (Phi) is 5.94. The lowest BCUT2D eigenvalue weighted by molar-refractivity contribution is -0.120. The van der Waals surface area contributed by atoms with Crippen LogP contribution in [0.4, 0.5) is 11.4 Å². The second-order valence-corrected chi connectivity index (χ2v) is 6.18. The molecule has 0 aliphatic heterocycles. The molecule has 0 atom stereocenters. The van der Waals surface area contributed by atoms with E-state index in [0.717, 1.165) is 11.3 Å². The Morgan fingerprint density at radius 2 is 1.81 bits per heavy atom. The predicted octanol–water partition coefficient (Wildman–Crippen LogP) is 5.02. The van der Waals surface area contributed by atoms with Crippen LogP contribution in [-0.4, -0.2) is 12.1 Å². The summed E-state index contributed by atoms with van der Waals surface area (Å²) < 4.78 is 5.11. The molecule has 0 unspecified atom stereocenters. The Balaban J connectivity index is 1.70. The first-order chi connectivity index (χ1) is 12.6. The molecular weight excluding hydrogens is 373 g/mol. The van der Waals surface area contributed by atoms with Crippen molar-refractivity contribution in [3.63, 3.8) is 0 Å². The first kappa shape index (κ1) is 18.0. The van der Waals surface area contributed by atoms with Crippen molar-refractivity contribution in [1.82, 2.24) is 5.43 Å². The van der Waals surface area contributed by atoms with E-state index in [9.17, 15) is 4.79 Å². The summed E-state index contributed by atoms with van der Waals surface area (Å²) in [6.07, 6.45) is 3.11. The number of nitrogens with zero attached hydrogens (tertiary/aromatic N) is 1. The van der Waals surface area contributed by atoms with Gasteiger partial charge in [0.05, 0.1) is 34.6 Å². The molecule has 0 aliphatic carbocycles. The van der Waals surface area contributed by atoms with Gasteiger partial charge in [-0.1, -0.05) is 47.5 Å². The van der Waals surface area contributed by atoms with Gasteiger partial charge in [0.1, 0.15) is 5.76 Å². The SMILES string of the molecule is O=C(Cc1ccccc1Nc1c(Cl)cccc1Cl)N/N=C\c1ccco1. The molecule has 0 aliphatic rings. The lowest BCUT2D eigenvalue weighted by Gasteiger charge is -2.14. The van der Waals surface area contributed by atoms with Crippen LogP contribution in [0.5, 0.6) is 0 Å². The Morgan fingerprint density at radius 3 is 2.54 bits per heavy atom. The summed E-state index contributed by atoms with van der Waals surface area (Å²) in [7, 11) is 0. The van der Waals surface area contributed by atoms with Crippen molar-refractivity contribution in [2.75, 3.05) is 5.32 Å². The highest BCUT2D eigenvalue weighted by Gasteiger charge is 2.11. The number of carbonyl (C=O) groups is 1. The molecule has 0 fully saturated rings. The Bertz CT molecular complexity index is 904. The van der Waals surface area contributed by atoms with Crippen LogP contribution in [0.3, 0.4) is 0 Å². The maximum Gasteiger partial charge on any atom is 0.244 e. The Labute approximate surface area is 160 Å². The van der Waals surface area contributed by atoms with Crippen LogP contribution in [0.1, 0.15) is 11.3 Å². The number of carbonyl (C=O) groups excluding carboxylic acids is 1. The van der Waals surface area contributed by atoms with E-state index in [-0.39, 0.29) is 12.3 Å². The zero-order chi connectivity index (χ0) is 18.4. The first-order valence-corrected chi connectivity index (χ1v) is 8.53. The number of furan rings is 1. The highest BCUT2D eigenvalue weighted by Crippen LogP contribution is 2.33. The van der Waals surface area contributed by atoms with Crippen LogP contribution < -0.4 is 10.7 Å². The fraction of sp³-hybridized carbons (Fsp3) is 0.0526. The third kappa shape index (κ3) is 4.65. The fourth-order valence-corrected chi connectivity index (χ4v) is 2.79. The van der Waals surface area contributed by atoms with Crippen LogP contribution in [-0.2, 0) is 11.2 Å². The number of halogens is 2. The molecule has 1 amide bonds. The minimum atomic E-state index is -0.257. The quantitative estimate of drug-likeness (QED) is 0.460. The third-order valence-electron chi connectivity index (χ3n) is 3.52. The normalized spacial score (nSPS) is 10.8. The van der Waals surface area contributed by atoms with Crippen LogP contribution in [0.2, 0.25) is 10.0 Å². The minimum Gasteiger partial charge on any atom is -0.463 e. The second-order valence-electron chi connectivity index (χ2n) is 5.36. The van der Waals surface area contributed by atoms with Gasteiger partial charge in [0.25, 0.3) is 0 Å². The smallest absolute Gasteiger partial charge is 0.244 e. The van der Waals surface area contributed by atoms with Crippen molar-refractivity contribution in [2.24, 2.45) is 5.10 Å². The minimum absolute atomic E-state index is 0.140. The molecule has 5 nitrogen and oxygen atoms in total. The summed E-state index contributed by atoms with van der Waals surface area (Å²) in [5.41, 5.74) is 4.60. The van der Waals surface area contributed by atoms with Gasteiger partial charge in [-0.25, -0.2) is 5.43 Å². The number of rotatable bonds is 6. The van der Waals surface area contributed by atoms with E-state index in [1.54, 1.807) is 30.3 Å². The standard InChI is InChI=1S/C19H15Cl2N3O2/c20-15-7-3-8-16(21)19(15)23-17-9-2-1-5-13(17)11-18(25)24-22-12-14-6-4-10-26-14/h1-10,12,23H,11H2,(H,24,25)/b22-12-. The fourth-order valence-electron chi connectivity index (χ4n) is 2.29. The maximum atomic E-state index is 12.1. The van der Waals surface area contributed by atoms with Crippen molar-refractivity contribution in [1.29, 1.82) is 0 Å². The average Bonchev–Trinajstić information content (AvgIpc) is 3.13. The number of nitrogens with one attached hydrogen (secondary N) is 2. The number of hydrazone groups is 1. The summed E-state index contributed by atoms with van der Waals surface area (Å²) in [6.45, 7) is 0. The molecule has 1 aromatic heterocycles. The molecule has 2 N–H and O–H groups in total. The summed E-state index contributed by atoms with van der Waals surface area (Å²) in [5.74, 6) is 0.299. The number of para-hydroxylation sites is 2. The van der Waals surface area contributed by atoms with E-state index in [2.05, 4.69) is 15.8 Å². The van der Waals surface area contributed by atoms with Gasteiger partial charge >= 0.3 is 0 Å². The van der Waals surface area contributed by atoms with Gasteiger partial charge in [-0.2, -0.15) is 5.10 Å². The maximum absolute atomic E-state index is 12.1. The van der Waals surface area contributed by atoms with Crippen LogP contribution in [0.15, 0.2) is 70.4 Å². The van der Waals surface area contributed by atoms with Crippen molar-refractivity contribution in [2.45, 2.75) is 6.42 Å². The van der Waals surface area contributed by atoms with Crippen molar-refractivity contribution < 1.29 is 9.21 Å². The van der Waals surface area contributed by atoms with Crippen molar-refractivity contribution in [3.05, 3.63) is 82.2 Å². The second kappa shape index (κ2) is 8.56. The van der Waals surface area contributed by atoms with Crippen molar-refractivity contribution >= 4 is 46.7 Å². The van der Waals surface area contributed by atoms with E-state index in [0.29, 0.717) is 21.5 Å². The van der Waals surface area contributed by atoms with E-state index in [1.165, 1.54) is 12.5 Å². The summed E-state index contributed by atoms with van der Waals surface area (Å²) in [4.78, 5) is 12.1. The molecule has 3 rings (SSSR count). The summed E-state index contributed by atoms with van der Waals surface area (Å²) >= 11 is 12.4. The van der Waals surface area contributed by atoms with E-state index < -0.39 is 0 Å². The zero-order valence-electron chi connectivity index (χ0n) is 13.6.